The van der Waals surface area contributed by atoms with Crippen LogP contribution in [0.5, 0.6) is 0 Å². The molecule has 0 saturated heterocycles. The predicted molar refractivity (Wildman–Crippen MR) is 68.1 cm³/mol. The van der Waals surface area contributed by atoms with Crippen molar-refractivity contribution in [2.75, 3.05) is 0 Å². The van der Waals surface area contributed by atoms with Gasteiger partial charge in [-0.15, -0.1) is 6.58 Å². The monoisotopic (exact) mass is 220 g/mol. The van der Waals surface area contributed by atoms with Gasteiger partial charge in [-0.2, -0.15) is 0 Å². The lowest BCUT2D eigenvalue weighted by atomic mass is 9.63. The van der Waals surface area contributed by atoms with E-state index in [0.29, 0.717) is 17.8 Å². The largest absolute Gasteiger partial charge is 0.390 e. The zero-order chi connectivity index (χ0) is 12.1. The molecule has 2 aliphatic carbocycles. The summed E-state index contributed by atoms with van der Waals surface area (Å²) in [6.45, 7) is 12.5. The molecule has 0 amide bonds. The molecule has 4 atom stereocenters. The van der Waals surface area contributed by atoms with Crippen molar-refractivity contribution in [1.82, 2.24) is 0 Å². The van der Waals surface area contributed by atoms with Gasteiger partial charge in [0, 0.05) is 0 Å². The lowest BCUT2D eigenvalue weighted by Gasteiger charge is -2.44. The highest BCUT2D eigenvalue weighted by Gasteiger charge is 2.56. The summed E-state index contributed by atoms with van der Waals surface area (Å²) in [5, 5.41) is 10.7. The maximum atomic E-state index is 10.7. The molecule has 0 aromatic heterocycles. The van der Waals surface area contributed by atoms with Crippen molar-refractivity contribution in [3.05, 3.63) is 24.3 Å². The zero-order valence-corrected chi connectivity index (χ0v) is 11.0. The van der Waals surface area contributed by atoms with Gasteiger partial charge in [0.1, 0.15) is 0 Å². The third-order valence-corrected chi connectivity index (χ3v) is 4.63. The van der Waals surface area contributed by atoms with Gasteiger partial charge in [0.2, 0.25) is 0 Å². The van der Waals surface area contributed by atoms with E-state index in [1.54, 1.807) is 0 Å². The molecule has 0 spiro atoms. The van der Waals surface area contributed by atoms with Crippen LogP contribution in [-0.2, 0) is 0 Å². The van der Waals surface area contributed by atoms with Crippen LogP contribution in [0, 0.1) is 23.2 Å². The predicted octanol–water partition coefficient (Wildman–Crippen LogP) is 3.55. The highest BCUT2D eigenvalue weighted by atomic mass is 16.3. The first kappa shape index (κ1) is 11.9. The lowest BCUT2D eigenvalue weighted by molar-refractivity contribution is -0.0579. The Morgan fingerprint density at radius 2 is 2.12 bits per heavy atom. The van der Waals surface area contributed by atoms with Gasteiger partial charge in [-0.05, 0) is 49.9 Å². The summed E-state index contributed by atoms with van der Waals surface area (Å²) in [5.41, 5.74) is 0.685. The number of fused-ring (bicyclic) bond motifs is 2. The zero-order valence-electron chi connectivity index (χ0n) is 11.0. The van der Waals surface area contributed by atoms with Crippen molar-refractivity contribution in [2.24, 2.45) is 23.2 Å². The Morgan fingerprint density at radius 1 is 1.50 bits per heavy atom. The summed E-state index contributed by atoms with van der Waals surface area (Å²) < 4.78 is 0. The van der Waals surface area contributed by atoms with Crippen LogP contribution in [0.25, 0.3) is 0 Å². The minimum absolute atomic E-state index is 0.221. The maximum Gasteiger partial charge on any atom is 0.0695 e. The molecule has 1 N–H and O–H groups in total. The standard InChI is InChI=1S/C15H24O/c1-10(2)9-15(5,16)13-11-6-7-12(8-11)14(13,3)4/h6-7,11-13,16H,1,8-9H2,2-5H3. The minimum Gasteiger partial charge on any atom is -0.390 e. The van der Waals surface area contributed by atoms with Crippen LogP contribution < -0.4 is 0 Å². The minimum atomic E-state index is -0.612. The fourth-order valence-electron chi connectivity index (χ4n) is 4.29. The van der Waals surface area contributed by atoms with Gasteiger partial charge >= 0.3 is 0 Å². The Morgan fingerprint density at radius 3 is 2.56 bits per heavy atom. The van der Waals surface area contributed by atoms with Gasteiger partial charge < -0.3 is 5.11 Å². The summed E-state index contributed by atoms with van der Waals surface area (Å²) in [4.78, 5) is 0. The molecule has 2 aliphatic rings. The molecule has 4 unspecified atom stereocenters. The second-order valence-corrected chi connectivity index (χ2v) is 6.68. The third kappa shape index (κ3) is 1.66. The van der Waals surface area contributed by atoms with E-state index in [2.05, 4.69) is 32.6 Å². The molecule has 0 heterocycles. The van der Waals surface area contributed by atoms with Crippen LogP contribution in [0.3, 0.4) is 0 Å². The average Bonchev–Trinajstić information content (AvgIpc) is 2.56. The van der Waals surface area contributed by atoms with Gasteiger partial charge in [-0.25, -0.2) is 0 Å². The Kier molecular flexibility index (Phi) is 2.58. The van der Waals surface area contributed by atoms with Crippen molar-refractivity contribution in [3.63, 3.8) is 0 Å². The van der Waals surface area contributed by atoms with E-state index >= 15 is 0 Å². The fraction of sp³-hybridized carbons (Fsp3) is 0.733. The molecule has 1 fully saturated rings. The third-order valence-electron chi connectivity index (χ3n) is 4.63. The molecule has 2 bridgehead atoms. The van der Waals surface area contributed by atoms with Crippen LogP contribution in [0.1, 0.15) is 40.5 Å². The average molecular weight is 220 g/mol. The van der Waals surface area contributed by atoms with Gasteiger partial charge in [-0.3, -0.25) is 0 Å². The first-order valence-corrected chi connectivity index (χ1v) is 6.30. The smallest absolute Gasteiger partial charge is 0.0695 e. The molecule has 1 nitrogen and oxygen atoms in total. The first-order valence-electron chi connectivity index (χ1n) is 6.30. The molecular formula is C15H24O. The van der Waals surface area contributed by atoms with Crippen LogP contribution in [0.2, 0.25) is 0 Å². The Bertz CT molecular complexity index is 335. The topological polar surface area (TPSA) is 20.2 Å². The van der Waals surface area contributed by atoms with Crippen molar-refractivity contribution < 1.29 is 5.11 Å². The van der Waals surface area contributed by atoms with E-state index in [-0.39, 0.29) is 5.41 Å². The van der Waals surface area contributed by atoms with Gasteiger partial charge in [0.05, 0.1) is 5.60 Å². The van der Waals surface area contributed by atoms with Crippen LogP contribution in [0.4, 0.5) is 0 Å². The molecule has 90 valence electrons. The number of hydrogen-bond acceptors (Lipinski definition) is 1. The Labute approximate surface area is 99.3 Å². The Balaban J connectivity index is 2.27. The molecule has 0 aromatic rings. The first-order chi connectivity index (χ1) is 7.25. The lowest BCUT2D eigenvalue weighted by Crippen LogP contribution is -2.45. The molecule has 0 radical (unpaired) electrons. The summed E-state index contributed by atoms with van der Waals surface area (Å²) in [5.74, 6) is 1.58. The summed E-state index contributed by atoms with van der Waals surface area (Å²) >= 11 is 0. The molecule has 0 aromatic carbocycles. The highest BCUT2D eigenvalue weighted by molar-refractivity contribution is 5.21. The summed E-state index contributed by atoms with van der Waals surface area (Å²) in [6, 6.07) is 0. The van der Waals surface area contributed by atoms with Gasteiger partial charge in [0.15, 0.2) is 0 Å². The summed E-state index contributed by atoms with van der Waals surface area (Å²) in [6.07, 6.45) is 6.60. The number of hydrogen-bond donors (Lipinski definition) is 1. The Hall–Kier alpha value is -0.560. The molecule has 0 aliphatic heterocycles. The molecule has 1 heteroatoms. The second kappa shape index (κ2) is 3.46. The van der Waals surface area contributed by atoms with E-state index in [9.17, 15) is 5.11 Å². The van der Waals surface area contributed by atoms with E-state index in [0.717, 1.165) is 12.0 Å². The number of allylic oxidation sites excluding steroid dienone is 2. The highest BCUT2D eigenvalue weighted by Crippen LogP contribution is 2.59. The van der Waals surface area contributed by atoms with E-state index < -0.39 is 5.60 Å². The molecular weight excluding hydrogens is 196 g/mol. The van der Waals surface area contributed by atoms with Crippen LogP contribution in [0.15, 0.2) is 24.3 Å². The molecule has 16 heavy (non-hydrogen) atoms. The summed E-state index contributed by atoms with van der Waals surface area (Å²) in [7, 11) is 0. The van der Waals surface area contributed by atoms with E-state index in [1.165, 1.54) is 6.42 Å². The second-order valence-electron chi connectivity index (χ2n) is 6.68. The molecule has 2 rings (SSSR count). The van der Waals surface area contributed by atoms with Crippen molar-refractivity contribution >= 4 is 0 Å². The van der Waals surface area contributed by atoms with Crippen molar-refractivity contribution in [3.8, 4) is 0 Å². The number of rotatable bonds is 3. The van der Waals surface area contributed by atoms with Gasteiger partial charge in [-0.1, -0.05) is 31.6 Å². The fourth-order valence-corrected chi connectivity index (χ4v) is 4.29. The van der Waals surface area contributed by atoms with Crippen molar-refractivity contribution in [1.29, 1.82) is 0 Å². The normalized spacial score (nSPS) is 38.7. The van der Waals surface area contributed by atoms with Crippen LogP contribution >= 0.6 is 0 Å². The number of aliphatic hydroxyl groups is 1. The molecule has 1 saturated carbocycles. The quantitative estimate of drug-likeness (QED) is 0.721. The van der Waals surface area contributed by atoms with Crippen molar-refractivity contribution in [2.45, 2.75) is 46.1 Å². The van der Waals surface area contributed by atoms with E-state index in [4.69, 9.17) is 0 Å². The van der Waals surface area contributed by atoms with Crippen LogP contribution in [-0.4, -0.2) is 10.7 Å². The maximum absolute atomic E-state index is 10.7. The van der Waals surface area contributed by atoms with Gasteiger partial charge in [0.25, 0.3) is 0 Å². The SMILES string of the molecule is C=C(C)CC(C)(O)C1C2C=CC(C2)C1(C)C. The van der Waals surface area contributed by atoms with E-state index in [1.807, 2.05) is 13.8 Å².